The van der Waals surface area contributed by atoms with Crippen LogP contribution in [0.4, 0.5) is 22.7 Å². The number of benzene rings is 6. The van der Waals surface area contributed by atoms with Crippen LogP contribution in [0.25, 0.3) is 32.3 Å². The Balaban J connectivity index is 0.00000261. The normalized spacial score (nSPS) is 12.0. The summed E-state index contributed by atoms with van der Waals surface area (Å²) in [5.41, 5.74) is 0.171. The number of hydrogen-bond donors (Lipinski definition) is 1. The molecule has 0 unspecified atom stereocenters. The third kappa shape index (κ3) is 11.6. The molecule has 0 saturated heterocycles. The number of nitrogens with zero attached hydrogens (tertiary/aromatic N) is 4. The minimum atomic E-state index is -5.29. The van der Waals surface area contributed by atoms with E-state index in [1.54, 1.807) is 24.3 Å². The Kier molecular flexibility index (Phi) is 18.6. The Morgan fingerprint density at radius 2 is 1.16 bits per heavy atom. The molecule has 0 aliphatic carbocycles. The number of aromatic hydroxyl groups is 1. The van der Waals surface area contributed by atoms with Crippen LogP contribution in [0.5, 0.6) is 5.75 Å². The summed E-state index contributed by atoms with van der Waals surface area (Å²) in [7, 11) is -15.2. The molecule has 0 atom stereocenters. The average molecular weight is 861 g/mol. The predicted molar refractivity (Wildman–Crippen MR) is 174 cm³/mol. The quantitative estimate of drug-likeness (QED) is 0.0335. The van der Waals surface area contributed by atoms with Crippen molar-refractivity contribution in [2.24, 2.45) is 20.5 Å². The van der Waals surface area contributed by atoms with Crippen molar-refractivity contribution in [3.05, 3.63) is 91.0 Å². The fourth-order valence-electron chi connectivity index (χ4n) is 5.09. The number of hydrogen-bond acceptors (Lipinski definition) is 18. The molecule has 0 amide bonds. The van der Waals surface area contributed by atoms with E-state index in [1.807, 2.05) is 0 Å². The van der Waals surface area contributed by atoms with Crippen molar-refractivity contribution >= 4 is 97.5 Å². The summed E-state index contributed by atoms with van der Waals surface area (Å²) in [6, 6.07) is 20.0. The molecule has 6 aromatic rings. The van der Waals surface area contributed by atoms with Gasteiger partial charge in [0.1, 0.15) is 36.0 Å². The van der Waals surface area contributed by atoms with Crippen LogP contribution in [0.15, 0.2) is 131 Å². The maximum Gasteiger partial charge on any atom is 1.00 e. The second kappa shape index (κ2) is 20.4. The van der Waals surface area contributed by atoms with Gasteiger partial charge in [0.25, 0.3) is 0 Å². The summed E-state index contributed by atoms with van der Waals surface area (Å²) in [5, 5.41) is 41.9. The van der Waals surface area contributed by atoms with E-state index in [9.17, 15) is 49.3 Å². The third-order valence-corrected chi connectivity index (χ3v) is 10.4. The Labute approximate surface area is 405 Å². The number of fused-ring (bicyclic) bond motifs is 3. The Bertz CT molecular complexity index is 2810. The van der Waals surface area contributed by atoms with Crippen LogP contribution in [0.3, 0.4) is 0 Å². The molecule has 0 spiro atoms. The van der Waals surface area contributed by atoms with Crippen molar-refractivity contribution < 1.29 is 177 Å². The van der Waals surface area contributed by atoms with Crippen LogP contribution in [0.1, 0.15) is 0 Å². The van der Waals surface area contributed by atoms with Crippen LogP contribution in [-0.4, -0.2) is 44.0 Å². The first-order chi connectivity index (χ1) is 24.0. The third-order valence-electron chi connectivity index (χ3n) is 7.29. The molecule has 0 aliphatic heterocycles. The average Bonchev–Trinajstić information content (AvgIpc) is 3.07. The van der Waals surface area contributed by atoms with E-state index >= 15 is 0 Å². The second-order valence-corrected chi connectivity index (χ2v) is 15.3. The first-order valence-corrected chi connectivity index (χ1v) is 18.7. The standard InChI is InChI=1S/C30H20N4O13S4.4Na/c35-30-28(51(43,44)45)13-17-12-20(49(37,38)39)7-8-21(17)29(30)34-33-26-10-9-25(22-3-1-2-4-23(22)26)32-31-18-6-5-16-11-19(48-47-46-36)15-27(24(16)14-18)50(40,41)42;;;;/h1-15,35-36H,(H,37,38,39)(H,40,41,42)(H,43,44,45);;;;/q;4*+1/p-4. The minimum absolute atomic E-state index is 0. The molecule has 1 N–H and O–H groups in total. The molecule has 6 rings (SSSR count). The van der Waals surface area contributed by atoms with Crippen molar-refractivity contribution in [2.75, 3.05) is 0 Å². The maximum atomic E-state index is 12.0. The zero-order valence-electron chi connectivity index (χ0n) is 28.9. The molecule has 0 aliphatic rings. The van der Waals surface area contributed by atoms with Gasteiger partial charge in [-0.05, 0) is 65.4 Å². The van der Waals surface area contributed by atoms with Gasteiger partial charge in [-0.1, -0.05) is 36.4 Å². The molecule has 55 heavy (non-hydrogen) atoms. The fourth-order valence-corrected chi connectivity index (χ4v) is 7.44. The molecule has 0 saturated carbocycles. The summed E-state index contributed by atoms with van der Waals surface area (Å²) >= 11 is 0.412. The predicted octanol–water partition coefficient (Wildman–Crippen LogP) is -6.36. The summed E-state index contributed by atoms with van der Waals surface area (Å²) in [6.07, 6.45) is 0. The van der Waals surface area contributed by atoms with Gasteiger partial charge >= 0.3 is 118 Å². The van der Waals surface area contributed by atoms with E-state index in [1.165, 1.54) is 36.4 Å². The van der Waals surface area contributed by atoms with Gasteiger partial charge in [0.15, 0.2) is 5.75 Å². The summed E-state index contributed by atoms with van der Waals surface area (Å²) < 4.78 is 111. The molecule has 0 bridgehead atoms. The fraction of sp³-hybridized carbons (Fsp3) is 0. The van der Waals surface area contributed by atoms with Gasteiger partial charge in [-0.3, -0.25) is 5.04 Å². The summed E-state index contributed by atoms with van der Waals surface area (Å²) in [5.74, 6) is -1.04. The largest absolute Gasteiger partial charge is 1.00 e. The SMILES string of the molecule is O=S(=O)([O-])c1ccc2c(N=Nc3ccc(N=Nc4ccc5cc(SOO[O-])cc(S(=O)(=O)[O-])c5c4)c4ccccc34)c(O)c(S(=O)(=O)[O-])cc2c1.[Na+].[Na+].[Na+].[Na+]. The monoisotopic (exact) mass is 860 g/mol. The second-order valence-electron chi connectivity index (χ2n) is 10.4. The molecule has 0 fully saturated rings. The van der Waals surface area contributed by atoms with E-state index < -0.39 is 56.5 Å². The molecule has 6 aromatic carbocycles. The molecule has 17 nitrogen and oxygen atoms in total. The van der Waals surface area contributed by atoms with Gasteiger partial charge in [-0.25, -0.2) is 25.3 Å². The van der Waals surface area contributed by atoms with E-state index in [-0.39, 0.29) is 151 Å². The van der Waals surface area contributed by atoms with Crippen LogP contribution < -0.4 is 123 Å². The van der Waals surface area contributed by atoms with Gasteiger partial charge in [0.2, 0.25) is 0 Å². The van der Waals surface area contributed by atoms with E-state index in [2.05, 4.69) is 29.8 Å². The van der Waals surface area contributed by atoms with Crippen molar-refractivity contribution in [3.8, 4) is 5.75 Å². The number of phenolic OH excluding ortho intramolecular Hbond substituents is 1. The zero-order chi connectivity index (χ0) is 36.7. The van der Waals surface area contributed by atoms with Gasteiger partial charge < -0.3 is 24.0 Å². The van der Waals surface area contributed by atoms with Crippen molar-refractivity contribution in [3.63, 3.8) is 0 Å². The van der Waals surface area contributed by atoms with Crippen LogP contribution in [0, 0.1) is 0 Å². The molecule has 262 valence electrons. The summed E-state index contributed by atoms with van der Waals surface area (Å²) in [6.45, 7) is 0. The van der Waals surface area contributed by atoms with Crippen LogP contribution in [0.2, 0.25) is 0 Å². The van der Waals surface area contributed by atoms with Gasteiger partial charge in [-0.15, -0.1) is 15.3 Å². The number of azo groups is 2. The number of rotatable bonds is 10. The van der Waals surface area contributed by atoms with Crippen LogP contribution >= 0.6 is 12.0 Å². The first-order valence-electron chi connectivity index (χ1n) is 13.8. The van der Waals surface area contributed by atoms with Gasteiger partial charge in [0, 0.05) is 26.4 Å². The van der Waals surface area contributed by atoms with Crippen molar-refractivity contribution in [1.29, 1.82) is 0 Å². The van der Waals surface area contributed by atoms with E-state index in [0.717, 1.165) is 30.3 Å². The van der Waals surface area contributed by atoms with Crippen molar-refractivity contribution in [2.45, 2.75) is 19.6 Å². The Morgan fingerprint density at radius 3 is 1.73 bits per heavy atom. The minimum Gasteiger partial charge on any atom is -0.744 e. The van der Waals surface area contributed by atoms with Gasteiger partial charge in [0.05, 0.1) is 43.8 Å². The maximum absolute atomic E-state index is 12.0. The molecule has 0 heterocycles. The van der Waals surface area contributed by atoms with Crippen LogP contribution in [-0.2, 0) is 39.7 Å². The topological polar surface area (TPSA) is 283 Å². The Morgan fingerprint density at radius 1 is 0.564 bits per heavy atom. The molecular weight excluding hydrogens is 845 g/mol. The molecule has 0 aromatic heterocycles. The number of phenols is 1. The zero-order valence-corrected chi connectivity index (χ0v) is 40.2. The van der Waals surface area contributed by atoms with Gasteiger partial charge in [-0.2, -0.15) is 9.45 Å². The Hall–Kier alpha value is -0.940. The van der Waals surface area contributed by atoms with Crippen molar-refractivity contribution in [1.82, 2.24) is 0 Å². The molecule has 25 heteroatoms. The van der Waals surface area contributed by atoms with E-state index in [4.69, 9.17) is 0 Å². The molecule has 0 radical (unpaired) electrons. The first kappa shape index (κ1) is 50.2. The summed E-state index contributed by atoms with van der Waals surface area (Å²) in [4.78, 5) is -2.30. The smallest absolute Gasteiger partial charge is 0.744 e. The molecular formula is C30H16N4Na4O13S4. The van der Waals surface area contributed by atoms with E-state index in [0.29, 0.717) is 33.9 Å².